The van der Waals surface area contributed by atoms with Crippen molar-refractivity contribution in [2.24, 2.45) is 0 Å². The predicted molar refractivity (Wildman–Crippen MR) is 512 cm³/mol. The number of anilines is 3. The van der Waals surface area contributed by atoms with Gasteiger partial charge in [-0.3, -0.25) is 14.6 Å². The molecule has 0 unspecified atom stereocenters. The van der Waals surface area contributed by atoms with Crippen LogP contribution in [0.25, 0.3) is 66.6 Å². The lowest BCUT2D eigenvalue weighted by Gasteiger charge is -2.41. The standard InChI is InChI=1S/C30H34N8O.C20H22BNO3.C16H24IN7.C14H10BrNO.C8H7BrO2.C6H7NO.CH4.H2/c1-36-14-16-37(17-15-36)22-10-12-23(13-11-22)38-30-27(29(31)32-19-33-30)28(35-38)21-8-6-20(7-9-21)18-26-34-24-4-2-3-5-25(24)39-26;1-19(2)20(3,4)25-21(24-19)15-11-9-14(10-12-15)13-18-22-16-7-5-6-8-17(16)23-18;1-22-6-8-23(9-7-22)11-2-4-12(5-3-11)24-16-13(14(17)21-24)15(18)19-10-20-16;15-11-7-5-10(6-8-11)9-14-16-12-3-1-2-4-13(12)17-14;9-7-3-1-6(2-4-7)5-8(10)11;7-5-3-1-2-4-6(5)8;;/h2-9,19,22-23H,10-18H2,1H3,(H2,31,32,33);5-12H,13H2,1-4H3;10-12H,2-9H2,1H3,(H2,18,19,20);1-8H,9H2;1-4H,5H2,(H,10,11);1-4,8H,7H2;1H4;1H/i;;;;;;;1+1. The Bertz CT molecular complexity index is 5930. The maximum absolute atomic E-state index is 10.2. The van der Waals surface area contributed by atoms with Gasteiger partial charge in [0.2, 0.25) is 0 Å². The van der Waals surface area contributed by atoms with Crippen LogP contribution < -0.4 is 22.7 Å². The number of oxazole rings is 3. The van der Waals surface area contributed by atoms with Gasteiger partial charge in [0.1, 0.15) is 56.0 Å². The lowest BCUT2D eigenvalue weighted by Crippen LogP contribution is -2.49. The molecule has 5 aliphatic rings. The van der Waals surface area contributed by atoms with E-state index in [2.05, 4.69) is 221 Å². The number of hydrogen-bond donors (Lipinski definition) is 5. The fraction of sp³-hybridized carbons (Fsp3) is 0.347. The van der Waals surface area contributed by atoms with E-state index >= 15 is 0 Å². The molecule has 8 aromatic carbocycles. The number of hydrogen-bond acceptors (Lipinski definition) is 23. The first-order valence-electron chi connectivity index (χ1n) is 42.2. The molecular formula is C95H110BBr2IN18O8. The number of fused-ring (bicyclic) bond motifs is 5. The molecule has 2 saturated carbocycles. The molecule has 3 saturated heterocycles. The van der Waals surface area contributed by atoms with E-state index in [1.54, 1.807) is 49.1 Å². The predicted octanol–water partition coefficient (Wildman–Crippen LogP) is 18.1. The number of carboxylic acids is 1. The summed E-state index contributed by atoms with van der Waals surface area (Å²) in [5.41, 5.74) is 31.5. The lowest BCUT2D eigenvalue weighted by atomic mass is 9.79. The number of rotatable bonds is 14. The van der Waals surface area contributed by atoms with Gasteiger partial charge in [-0.1, -0.05) is 161 Å². The molecule has 125 heavy (non-hydrogen) atoms. The Balaban J connectivity index is 0.000000138. The van der Waals surface area contributed by atoms with Gasteiger partial charge in [-0.15, -0.1) is 0 Å². The van der Waals surface area contributed by atoms with E-state index in [-0.39, 0.29) is 39.3 Å². The first kappa shape index (κ1) is 90.7. The number of carboxylic acid groups (broad SMARTS) is 1. The van der Waals surface area contributed by atoms with Crippen LogP contribution in [-0.4, -0.2) is 187 Å². The number of benzene rings is 8. The van der Waals surface area contributed by atoms with Gasteiger partial charge in [-0.05, 0) is 216 Å². The van der Waals surface area contributed by atoms with Crippen LogP contribution in [0, 0.1) is 3.70 Å². The van der Waals surface area contributed by atoms with Gasteiger partial charge in [0.15, 0.2) is 45.7 Å². The molecule has 5 fully saturated rings. The molecule has 0 atom stereocenters. The molecule has 10 heterocycles. The first-order valence-corrected chi connectivity index (χ1v) is 44.9. The third-order valence-electron chi connectivity index (χ3n) is 24.1. The third-order valence-corrected chi connectivity index (χ3v) is 25.9. The fourth-order valence-electron chi connectivity index (χ4n) is 16.3. The zero-order valence-corrected chi connectivity index (χ0v) is 75.9. The summed E-state index contributed by atoms with van der Waals surface area (Å²) in [5, 5.41) is 28.8. The van der Waals surface area contributed by atoms with Crippen LogP contribution in [0.15, 0.2) is 229 Å². The number of aromatic nitrogens is 11. The molecule has 2 aliphatic carbocycles. The largest absolute Gasteiger partial charge is 0.506 e. The van der Waals surface area contributed by atoms with Crippen molar-refractivity contribution in [1.29, 1.82) is 0 Å². The van der Waals surface area contributed by atoms with Crippen molar-refractivity contribution < 1.29 is 39.0 Å². The van der Waals surface area contributed by atoms with Crippen molar-refractivity contribution in [2.75, 3.05) is 83.7 Å². The summed E-state index contributed by atoms with van der Waals surface area (Å²) >= 11 is 8.92. The highest BCUT2D eigenvalue weighted by Crippen LogP contribution is 2.40. The van der Waals surface area contributed by atoms with Gasteiger partial charge in [-0.2, -0.15) is 10.2 Å². The Labute approximate surface area is 760 Å². The fourth-order valence-corrected chi connectivity index (χ4v) is 17.6. The highest BCUT2D eigenvalue weighted by molar-refractivity contribution is 14.1. The molecule has 652 valence electrons. The first-order chi connectivity index (χ1) is 59.9. The maximum Gasteiger partial charge on any atom is 0.494 e. The summed E-state index contributed by atoms with van der Waals surface area (Å²) in [5.74, 6) is 2.55. The van der Waals surface area contributed by atoms with Crippen LogP contribution in [-0.2, 0) is 39.8 Å². The van der Waals surface area contributed by atoms with Crippen molar-refractivity contribution in [3.63, 3.8) is 0 Å². The van der Waals surface area contributed by atoms with E-state index < -0.39 is 5.97 Å². The van der Waals surface area contributed by atoms with Crippen LogP contribution in [0.3, 0.4) is 0 Å². The SMILES string of the molecule is Brc1ccc(Cc2nc3ccccc3o2)cc1.C.CC1(C)OB(c2ccc(Cc3nc4ccccc4o3)cc2)OC1(C)C.CN1CCN(C2CCC(n3nc(-c4ccc(Cc5nc6ccccc6o5)cc4)c4c(N)ncnc43)CC2)CC1.CN1CCN(C2CCC(n3nc(I)c4c(N)ncnc43)CC2)CC1.Nc1ccccc1O.O=C(O)Cc1ccc(Br)cc1.[2HH]. The monoisotopic (exact) mass is 1930 g/mol. The molecule has 15 aromatic rings. The Morgan fingerprint density at radius 3 is 1.26 bits per heavy atom. The summed E-state index contributed by atoms with van der Waals surface area (Å²) in [7, 11) is 4.10. The number of aliphatic carboxylic acids is 1. The molecule has 8 N–H and O–H groups in total. The highest BCUT2D eigenvalue weighted by atomic mass is 127. The summed E-state index contributed by atoms with van der Waals surface area (Å²) < 4.78 is 36.7. The summed E-state index contributed by atoms with van der Waals surface area (Å²) in [6, 6.07) is 64.5. The van der Waals surface area contributed by atoms with E-state index in [1.165, 1.54) is 70.5 Å². The third kappa shape index (κ3) is 22.8. The molecule has 0 amide bonds. The van der Waals surface area contributed by atoms with Gasteiger partial charge >= 0.3 is 13.1 Å². The van der Waals surface area contributed by atoms with Gasteiger partial charge < -0.3 is 59.8 Å². The molecular weight excluding hydrogens is 1820 g/mol. The van der Waals surface area contributed by atoms with Gasteiger partial charge in [0.05, 0.1) is 46.2 Å². The number of nitrogens with zero attached hydrogens (tertiary/aromatic N) is 15. The second-order valence-electron chi connectivity index (χ2n) is 33.2. The van der Waals surface area contributed by atoms with Crippen molar-refractivity contribution >= 4 is 146 Å². The Kier molecular flexibility index (Phi) is 29.9. The molecule has 7 aromatic heterocycles. The summed E-state index contributed by atoms with van der Waals surface area (Å²) in [6.07, 6.45) is 14.6. The molecule has 0 radical (unpaired) electrons. The summed E-state index contributed by atoms with van der Waals surface area (Å²) in [4.78, 5) is 51.6. The van der Waals surface area contributed by atoms with E-state index in [9.17, 15) is 4.79 Å². The number of aromatic hydroxyl groups is 1. The number of halogens is 3. The number of piperazine rings is 2. The molecule has 0 bridgehead atoms. The molecule has 3 aliphatic heterocycles. The van der Waals surface area contributed by atoms with Crippen molar-refractivity contribution in [1.82, 2.24) is 74.0 Å². The smallest absolute Gasteiger partial charge is 0.494 e. The van der Waals surface area contributed by atoms with E-state index in [0.29, 0.717) is 54.2 Å². The van der Waals surface area contributed by atoms with Crippen LogP contribution >= 0.6 is 54.5 Å². The Morgan fingerprint density at radius 2 is 0.848 bits per heavy atom. The minimum Gasteiger partial charge on any atom is -0.506 e. The van der Waals surface area contributed by atoms with Crippen molar-refractivity contribution in [2.45, 2.75) is 148 Å². The minimum atomic E-state index is -0.799. The number of nitrogen functional groups attached to an aromatic ring is 3. The van der Waals surface area contributed by atoms with Crippen molar-refractivity contribution in [3.8, 4) is 17.0 Å². The topological polar surface area (TPSA) is 332 Å². The minimum absolute atomic E-state index is 0. The summed E-state index contributed by atoms with van der Waals surface area (Å²) in [6.45, 7) is 17.7. The van der Waals surface area contributed by atoms with E-state index in [0.717, 1.165) is 164 Å². The second kappa shape index (κ2) is 41.3. The normalized spacial score (nSPS) is 18.4. The highest BCUT2D eigenvalue weighted by Gasteiger charge is 2.52. The number of phenols is 1. The number of likely N-dealkylation sites (N-methyl/N-ethyl adjacent to an activating group) is 2. The van der Waals surface area contributed by atoms with Crippen LogP contribution in [0.4, 0.5) is 17.3 Å². The average Bonchev–Trinajstić information content (AvgIpc) is 1.63. The second-order valence-corrected chi connectivity index (χ2v) is 36.1. The number of phenolic OH excluding ortho intramolecular Hbond substituents is 1. The lowest BCUT2D eigenvalue weighted by molar-refractivity contribution is -0.136. The van der Waals surface area contributed by atoms with E-state index in [4.69, 9.17) is 60.2 Å². The molecule has 30 heteroatoms. The van der Waals surface area contributed by atoms with Gasteiger partial charge in [-0.25, -0.2) is 44.3 Å². The molecule has 20 rings (SSSR count). The van der Waals surface area contributed by atoms with Gasteiger partial charge in [0.25, 0.3) is 0 Å². The zero-order chi connectivity index (χ0) is 86.6. The average molecular weight is 1930 g/mol. The Morgan fingerprint density at radius 1 is 0.480 bits per heavy atom. The van der Waals surface area contributed by atoms with E-state index in [1.807, 2.05) is 97.1 Å². The maximum atomic E-state index is 10.2. The number of nitrogens with two attached hydrogens (primary N) is 3. The van der Waals surface area contributed by atoms with Crippen LogP contribution in [0.2, 0.25) is 0 Å². The van der Waals surface area contributed by atoms with Crippen molar-refractivity contribution in [3.05, 3.63) is 259 Å². The van der Waals surface area contributed by atoms with Crippen LogP contribution in [0.5, 0.6) is 5.75 Å². The van der Waals surface area contributed by atoms with Crippen LogP contribution in [0.1, 0.15) is 140 Å². The molecule has 0 spiro atoms. The zero-order valence-electron chi connectivity index (χ0n) is 70.6. The number of carbonyl (C=O) groups is 1. The van der Waals surface area contributed by atoms with Gasteiger partial charge in [0, 0.05) is 99.6 Å². The Hall–Kier alpha value is -10.5. The number of para-hydroxylation sites is 8. The quantitative estimate of drug-likeness (QED) is 0.0292. The molecule has 26 nitrogen and oxygen atoms in total.